The van der Waals surface area contributed by atoms with Crippen LogP contribution in [-0.2, 0) is 14.6 Å². The second-order valence-electron chi connectivity index (χ2n) is 10.9. The molecule has 1 saturated heterocycles. The van der Waals surface area contributed by atoms with Gasteiger partial charge in [0, 0.05) is 37.2 Å². The van der Waals surface area contributed by atoms with Gasteiger partial charge >= 0.3 is 10.9 Å². The topological polar surface area (TPSA) is 178 Å². The summed E-state index contributed by atoms with van der Waals surface area (Å²) >= 11 is 1.16. The molecule has 0 unspecified atom stereocenters. The number of thioether (sulfide) groups is 1. The van der Waals surface area contributed by atoms with E-state index < -0.39 is 26.8 Å². The average Bonchev–Trinajstić information content (AvgIpc) is 3.49. The Hall–Kier alpha value is -5.46. The molecule has 0 saturated carbocycles. The number of nitrogens with zero attached hydrogens (tertiary/aromatic N) is 6. The number of hydrogen-bond acceptors (Lipinski definition) is 12. The van der Waals surface area contributed by atoms with Gasteiger partial charge in [-0.2, -0.15) is 5.26 Å². The fourth-order valence-electron chi connectivity index (χ4n) is 5.16. The number of aryl methyl sites for hydroxylation is 1. The Morgan fingerprint density at radius 2 is 1.73 bits per heavy atom. The first-order valence-electron chi connectivity index (χ1n) is 14.9. The van der Waals surface area contributed by atoms with Gasteiger partial charge in [0.15, 0.2) is 11.0 Å². The molecule has 15 heteroatoms. The number of amides is 1. The van der Waals surface area contributed by atoms with Crippen LogP contribution in [-0.4, -0.2) is 54.4 Å². The highest BCUT2D eigenvalue weighted by Gasteiger charge is 2.38. The highest BCUT2D eigenvalue weighted by Crippen LogP contribution is 2.33. The Morgan fingerprint density at radius 1 is 1.06 bits per heavy atom. The van der Waals surface area contributed by atoms with E-state index in [4.69, 9.17) is 9.72 Å². The average molecular weight is 684 g/mol. The molecule has 1 fully saturated rings. The highest BCUT2D eigenvalue weighted by molar-refractivity contribution is 7.99. The maximum Gasteiger partial charge on any atom is 0.415 e. The van der Waals surface area contributed by atoms with Crippen molar-refractivity contribution in [2.75, 3.05) is 29.1 Å². The molecular formula is C33H29N7O6S2. The molecule has 13 nitrogen and oxygen atoms in total. The van der Waals surface area contributed by atoms with Crippen molar-refractivity contribution in [1.82, 2.24) is 15.1 Å². The van der Waals surface area contributed by atoms with E-state index in [0.29, 0.717) is 48.3 Å². The normalized spacial score (nSPS) is 13.5. The van der Waals surface area contributed by atoms with Gasteiger partial charge in [0.05, 0.1) is 21.5 Å². The minimum atomic E-state index is -4.26. The molecule has 1 amide bonds. The van der Waals surface area contributed by atoms with Crippen molar-refractivity contribution < 1.29 is 27.5 Å². The minimum Gasteiger partial charge on any atom is -0.451 e. The Morgan fingerprint density at radius 3 is 2.40 bits per heavy atom. The molecule has 6 rings (SSSR count). The smallest absolute Gasteiger partial charge is 0.415 e. The minimum absolute atomic E-state index is 0.0506. The van der Waals surface area contributed by atoms with Crippen LogP contribution in [0.2, 0.25) is 0 Å². The van der Waals surface area contributed by atoms with Crippen molar-refractivity contribution in [2.24, 2.45) is 0 Å². The monoisotopic (exact) mass is 683 g/mol. The molecule has 0 radical (unpaired) electrons. The Labute approximate surface area is 280 Å². The van der Waals surface area contributed by atoms with E-state index in [-0.39, 0.29) is 27.0 Å². The second kappa shape index (κ2) is 14.1. The van der Waals surface area contributed by atoms with Crippen LogP contribution in [0.4, 0.5) is 11.5 Å². The van der Waals surface area contributed by atoms with Crippen molar-refractivity contribution in [1.29, 1.82) is 5.26 Å². The molecule has 0 spiro atoms. The third-order valence-corrected chi connectivity index (χ3v) is 10.1. The highest BCUT2D eigenvalue weighted by atomic mass is 32.2. The summed E-state index contributed by atoms with van der Waals surface area (Å²) in [6.45, 7) is 2.74. The number of hydrogen-bond donors (Lipinski definition) is 1. The lowest BCUT2D eigenvalue weighted by molar-refractivity contribution is -0.832. The Kier molecular flexibility index (Phi) is 9.55. The zero-order valence-corrected chi connectivity index (χ0v) is 27.3. The van der Waals surface area contributed by atoms with Crippen molar-refractivity contribution in [3.63, 3.8) is 0 Å². The van der Waals surface area contributed by atoms with Crippen molar-refractivity contribution in [2.45, 2.75) is 40.9 Å². The number of benzene rings is 3. The van der Waals surface area contributed by atoms with Crippen LogP contribution in [0, 0.1) is 23.5 Å². The Balaban J connectivity index is 1.20. The number of nitrogens with one attached hydrogen (secondary N) is 1. The van der Waals surface area contributed by atoms with E-state index in [1.165, 1.54) is 12.1 Å². The fourth-order valence-corrected chi connectivity index (χ4v) is 7.08. The molecular weight excluding hydrogens is 655 g/mol. The molecule has 48 heavy (non-hydrogen) atoms. The van der Waals surface area contributed by atoms with Gasteiger partial charge in [-0.15, -0.1) is 0 Å². The summed E-state index contributed by atoms with van der Waals surface area (Å²) in [7, 11) is -4.26. The summed E-state index contributed by atoms with van der Waals surface area (Å²) in [4.78, 5) is 23.8. The molecule has 0 atom stereocenters. The largest absolute Gasteiger partial charge is 0.451 e. The molecule has 2 aromatic heterocycles. The summed E-state index contributed by atoms with van der Waals surface area (Å²) in [5.74, 6) is -0.174. The fraction of sp³-hybridized carbons (Fsp3) is 0.212. The molecule has 1 aliphatic rings. The van der Waals surface area contributed by atoms with Gasteiger partial charge in [0.1, 0.15) is 17.7 Å². The maximum atomic E-state index is 13.2. The van der Waals surface area contributed by atoms with Crippen LogP contribution in [0.25, 0.3) is 11.3 Å². The number of rotatable bonds is 10. The van der Waals surface area contributed by atoms with Crippen LogP contribution < -0.4 is 19.9 Å². The van der Waals surface area contributed by atoms with E-state index >= 15 is 0 Å². The quantitative estimate of drug-likeness (QED) is 0.123. The van der Waals surface area contributed by atoms with Crippen LogP contribution in [0.15, 0.2) is 105 Å². The van der Waals surface area contributed by atoms with Gasteiger partial charge in [-0.1, -0.05) is 78.0 Å². The summed E-state index contributed by atoms with van der Waals surface area (Å²) in [5, 5.41) is 28.7. The van der Waals surface area contributed by atoms with Crippen LogP contribution in [0.1, 0.15) is 24.0 Å². The number of ether oxygens (including phenoxy) is 1. The molecule has 0 bridgehead atoms. The first-order chi connectivity index (χ1) is 23.2. The lowest BCUT2D eigenvalue weighted by Crippen LogP contribution is -2.39. The Bertz CT molecular complexity index is 2060. The summed E-state index contributed by atoms with van der Waals surface area (Å²) < 4.78 is 36.9. The molecule has 3 aromatic carbocycles. The van der Waals surface area contributed by atoms with Gasteiger partial charge in [0.25, 0.3) is 9.84 Å². The number of nitriles is 1. The summed E-state index contributed by atoms with van der Waals surface area (Å²) in [6, 6.07) is 26.5. The zero-order valence-electron chi connectivity index (χ0n) is 25.6. The maximum absolute atomic E-state index is 13.2. The van der Waals surface area contributed by atoms with E-state index in [2.05, 4.69) is 26.2 Å². The van der Waals surface area contributed by atoms with E-state index in [1.54, 1.807) is 18.2 Å². The number of aromatic nitrogens is 4. The third kappa shape index (κ3) is 7.09. The van der Waals surface area contributed by atoms with E-state index in [9.17, 15) is 23.7 Å². The van der Waals surface area contributed by atoms with Gasteiger partial charge in [0.2, 0.25) is 5.91 Å². The molecule has 1 aliphatic heterocycles. The summed E-state index contributed by atoms with van der Waals surface area (Å²) in [6.07, 6.45) is 0.289. The predicted molar refractivity (Wildman–Crippen MR) is 176 cm³/mol. The van der Waals surface area contributed by atoms with Crippen LogP contribution in [0.3, 0.4) is 0 Å². The van der Waals surface area contributed by atoms with Gasteiger partial charge in [-0.3, -0.25) is 9.42 Å². The molecule has 0 aliphatic carbocycles. The summed E-state index contributed by atoms with van der Waals surface area (Å²) in [5.41, 5.74) is 3.23. The van der Waals surface area contributed by atoms with E-state index in [1.807, 2.05) is 66.4 Å². The number of carbonyl (C=O) groups excluding carboxylic acids is 1. The van der Waals surface area contributed by atoms with Gasteiger partial charge in [-0.25, -0.2) is 18.4 Å². The van der Waals surface area contributed by atoms with Crippen LogP contribution >= 0.6 is 11.8 Å². The number of carbonyl (C=O) groups is 1. The number of sulfone groups is 1. The van der Waals surface area contributed by atoms with Crippen molar-refractivity contribution in [3.05, 3.63) is 101 Å². The lowest BCUT2D eigenvalue weighted by Gasteiger charge is -2.32. The first kappa shape index (κ1) is 32.5. The zero-order chi connectivity index (χ0) is 33.7. The third-order valence-electron chi connectivity index (χ3n) is 7.57. The van der Waals surface area contributed by atoms with Crippen molar-refractivity contribution >= 4 is 39.0 Å². The molecule has 5 aromatic rings. The van der Waals surface area contributed by atoms with Crippen LogP contribution in [0.5, 0.6) is 5.88 Å². The first-order valence-corrected chi connectivity index (χ1v) is 17.4. The van der Waals surface area contributed by atoms with Gasteiger partial charge < -0.3 is 20.2 Å². The SMILES string of the molecule is Cc1ccc(NC(=O)CSc2nc(-c3ccccc3)c(C#N)c(N3CCC(Oc4no[n+]([O-])c4S(=O)(=O)c4ccccc4)CC3)n2)cc1. The standard InChI is InChI=1S/C33H29N7O6S2/c1-22-12-14-24(15-13-22)35-28(41)21-47-33-36-29(23-8-4-2-5-9-23)27(20-34)30(37-33)39-18-16-25(17-19-39)45-31-32(40(42)46-38-31)48(43,44)26-10-6-3-7-11-26/h2-15,25H,16-19,21H2,1H3,(H,35,41). The molecule has 1 N–H and O–H groups in total. The van der Waals surface area contributed by atoms with Crippen molar-refractivity contribution in [3.8, 4) is 23.2 Å². The number of piperidine rings is 1. The van der Waals surface area contributed by atoms with E-state index in [0.717, 1.165) is 22.9 Å². The van der Waals surface area contributed by atoms with Gasteiger partial charge in [-0.05, 0) is 36.1 Å². The molecule has 3 heterocycles. The lowest BCUT2D eigenvalue weighted by atomic mass is 10.0. The predicted octanol–water partition coefficient (Wildman–Crippen LogP) is 4.56. The number of anilines is 2. The molecule has 244 valence electrons. The second-order valence-corrected chi connectivity index (χ2v) is 13.7.